The molecule has 2 aromatic rings. The Bertz CT molecular complexity index is 819. The van der Waals surface area contributed by atoms with Gasteiger partial charge in [-0.15, -0.1) is 0 Å². The van der Waals surface area contributed by atoms with E-state index in [1.54, 1.807) is 0 Å². The van der Waals surface area contributed by atoms with Gasteiger partial charge in [-0.05, 0) is 120 Å². The van der Waals surface area contributed by atoms with Crippen LogP contribution in [0.3, 0.4) is 0 Å². The molecule has 4 heteroatoms. The van der Waals surface area contributed by atoms with Crippen LogP contribution < -0.4 is 9.47 Å². The van der Waals surface area contributed by atoms with Crippen LogP contribution in [0.25, 0.3) is 5.57 Å². The smallest absolute Gasteiger partial charge is 0.119 e. The summed E-state index contributed by atoms with van der Waals surface area (Å²) in [6.45, 7) is 13.3. The quantitative estimate of drug-likeness (QED) is 0.348. The van der Waals surface area contributed by atoms with Crippen molar-refractivity contribution in [2.45, 2.75) is 52.4 Å². The first-order valence-corrected chi connectivity index (χ1v) is 13.3. The number of rotatable bonds is 12. The molecule has 2 aliphatic rings. The van der Waals surface area contributed by atoms with Gasteiger partial charge in [0.05, 0.1) is 13.2 Å². The lowest BCUT2D eigenvalue weighted by molar-refractivity contribution is 0.263. The minimum atomic E-state index is 0.783. The van der Waals surface area contributed by atoms with Crippen LogP contribution >= 0.6 is 0 Å². The summed E-state index contributed by atoms with van der Waals surface area (Å²) in [4.78, 5) is 5.08. The Morgan fingerprint density at radius 3 is 1.35 bits per heavy atom. The number of nitrogens with zero attached hydrogens (tertiary/aromatic N) is 2. The minimum absolute atomic E-state index is 0.783. The van der Waals surface area contributed by atoms with Gasteiger partial charge in [0.15, 0.2) is 0 Å². The Morgan fingerprint density at radius 1 is 0.618 bits per heavy atom. The zero-order valence-electron chi connectivity index (χ0n) is 21.2. The molecule has 0 atom stereocenters. The fourth-order valence-corrected chi connectivity index (χ4v) is 5.15. The molecular formula is C30H42N2O2. The largest absolute Gasteiger partial charge is 0.494 e. The van der Waals surface area contributed by atoms with E-state index in [0.29, 0.717) is 0 Å². The Hall–Kier alpha value is -2.30. The maximum Gasteiger partial charge on any atom is 0.119 e. The predicted octanol–water partition coefficient (Wildman–Crippen LogP) is 6.26. The van der Waals surface area contributed by atoms with Crippen molar-refractivity contribution >= 4 is 5.57 Å². The molecule has 0 saturated carbocycles. The number of ether oxygens (including phenoxy) is 2. The molecule has 0 bridgehead atoms. The molecule has 0 aliphatic carbocycles. The van der Waals surface area contributed by atoms with E-state index in [1.807, 2.05) is 0 Å². The van der Waals surface area contributed by atoms with E-state index in [0.717, 1.165) is 50.6 Å². The van der Waals surface area contributed by atoms with E-state index in [-0.39, 0.29) is 0 Å². The van der Waals surface area contributed by atoms with Crippen LogP contribution in [0.4, 0.5) is 0 Å². The molecule has 0 aromatic heterocycles. The Morgan fingerprint density at radius 2 is 1.00 bits per heavy atom. The normalized spacial score (nSPS) is 16.6. The molecule has 4 rings (SSSR count). The molecule has 0 N–H and O–H groups in total. The summed E-state index contributed by atoms with van der Waals surface area (Å²) in [6, 6.07) is 17.1. The Labute approximate surface area is 206 Å². The maximum absolute atomic E-state index is 6.00. The molecule has 2 saturated heterocycles. The molecule has 2 aromatic carbocycles. The molecule has 2 heterocycles. The lowest BCUT2D eigenvalue weighted by Gasteiger charge is -2.16. The molecule has 4 nitrogen and oxygen atoms in total. The second kappa shape index (κ2) is 13.0. The molecule has 184 valence electrons. The zero-order valence-corrected chi connectivity index (χ0v) is 21.2. The van der Waals surface area contributed by atoms with Crippen LogP contribution in [0.15, 0.2) is 54.1 Å². The highest BCUT2D eigenvalue weighted by Crippen LogP contribution is 2.29. The van der Waals surface area contributed by atoms with Crippen molar-refractivity contribution in [3.05, 3.63) is 65.2 Å². The van der Waals surface area contributed by atoms with E-state index in [4.69, 9.17) is 9.47 Å². The van der Waals surface area contributed by atoms with E-state index >= 15 is 0 Å². The monoisotopic (exact) mass is 462 g/mol. The summed E-state index contributed by atoms with van der Waals surface area (Å²) in [5.41, 5.74) is 5.03. The van der Waals surface area contributed by atoms with E-state index in [2.05, 4.69) is 72.2 Å². The van der Waals surface area contributed by atoms with Crippen molar-refractivity contribution in [2.24, 2.45) is 0 Å². The number of hydrogen-bond acceptors (Lipinski definition) is 4. The van der Waals surface area contributed by atoms with Crippen molar-refractivity contribution in [1.29, 1.82) is 0 Å². The lowest BCUT2D eigenvalue weighted by atomic mass is 9.94. The number of allylic oxidation sites excluding steroid dienone is 1. The molecule has 2 aliphatic heterocycles. The van der Waals surface area contributed by atoms with E-state index in [1.165, 1.54) is 74.1 Å². The zero-order chi connectivity index (χ0) is 23.6. The number of benzene rings is 2. The van der Waals surface area contributed by atoms with Gasteiger partial charge in [-0.1, -0.05) is 29.8 Å². The fraction of sp³-hybridized carbons (Fsp3) is 0.533. The second-order valence-corrected chi connectivity index (χ2v) is 9.93. The highest BCUT2D eigenvalue weighted by molar-refractivity contribution is 5.82. The second-order valence-electron chi connectivity index (χ2n) is 9.93. The average molecular weight is 463 g/mol. The summed E-state index contributed by atoms with van der Waals surface area (Å²) < 4.78 is 12.0. The first kappa shape index (κ1) is 24.8. The Balaban J connectivity index is 1.26. The van der Waals surface area contributed by atoms with Gasteiger partial charge < -0.3 is 19.3 Å². The van der Waals surface area contributed by atoms with Crippen molar-refractivity contribution in [3.63, 3.8) is 0 Å². The molecule has 2 fully saturated rings. The summed E-state index contributed by atoms with van der Waals surface area (Å²) in [6.07, 6.45) is 7.59. The number of hydrogen-bond donors (Lipinski definition) is 0. The molecule has 0 spiro atoms. The molecular weight excluding hydrogens is 420 g/mol. The number of likely N-dealkylation sites (tertiary alicyclic amines) is 2. The van der Waals surface area contributed by atoms with Gasteiger partial charge in [0.1, 0.15) is 11.5 Å². The van der Waals surface area contributed by atoms with Gasteiger partial charge >= 0.3 is 0 Å². The van der Waals surface area contributed by atoms with Crippen molar-refractivity contribution in [1.82, 2.24) is 9.80 Å². The first-order valence-electron chi connectivity index (χ1n) is 13.3. The molecule has 0 amide bonds. The third kappa shape index (κ3) is 7.35. The van der Waals surface area contributed by atoms with Crippen molar-refractivity contribution in [3.8, 4) is 11.5 Å². The van der Waals surface area contributed by atoms with Crippen LogP contribution in [0, 0.1) is 0 Å². The minimum Gasteiger partial charge on any atom is -0.494 e. The molecule has 0 unspecified atom stereocenters. The summed E-state index contributed by atoms with van der Waals surface area (Å²) >= 11 is 0. The highest BCUT2D eigenvalue weighted by atomic mass is 16.5. The molecule has 34 heavy (non-hydrogen) atoms. The van der Waals surface area contributed by atoms with Crippen LogP contribution in [0.2, 0.25) is 0 Å². The topological polar surface area (TPSA) is 24.9 Å². The van der Waals surface area contributed by atoms with Crippen LogP contribution in [0.5, 0.6) is 11.5 Å². The van der Waals surface area contributed by atoms with Gasteiger partial charge in [0.25, 0.3) is 0 Å². The molecule has 0 radical (unpaired) electrons. The predicted molar refractivity (Wildman–Crippen MR) is 142 cm³/mol. The van der Waals surface area contributed by atoms with Gasteiger partial charge in [0, 0.05) is 13.1 Å². The van der Waals surface area contributed by atoms with E-state index in [9.17, 15) is 0 Å². The summed E-state index contributed by atoms with van der Waals surface area (Å²) in [7, 11) is 0. The van der Waals surface area contributed by atoms with Gasteiger partial charge in [-0.3, -0.25) is 0 Å². The standard InChI is InChI=1S/C30H42N2O2/c1-25(2)30(26-9-13-28(14-10-26)33-23-7-21-31-17-3-4-18-31)27-11-15-29(16-12-27)34-24-8-22-32-19-5-6-20-32/h9-16H,3-8,17-24H2,1-2H3. The van der Waals surface area contributed by atoms with Gasteiger partial charge in [-0.2, -0.15) is 0 Å². The van der Waals surface area contributed by atoms with Crippen molar-refractivity contribution < 1.29 is 9.47 Å². The average Bonchev–Trinajstić information content (AvgIpc) is 3.56. The Kier molecular flexibility index (Phi) is 9.46. The first-order chi connectivity index (χ1) is 16.7. The van der Waals surface area contributed by atoms with Crippen LogP contribution in [0.1, 0.15) is 63.5 Å². The maximum atomic E-state index is 6.00. The van der Waals surface area contributed by atoms with Gasteiger partial charge in [0.2, 0.25) is 0 Å². The van der Waals surface area contributed by atoms with Crippen LogP contribution in [-0.2, 0) is 0 Å². The summed E-state index contributed by atoms with van der Waals surface area (Å²) in [5.74, 6) is 1.91. The van der Waals surface area contributed by atoms with Crippen LogP contribution in [-0.4, -0.2) is 62.3 Å². The third-order valence-corrected chi connectivity index (χ3v) is 6.96. The summed E-state index contributed by atoms with van der Waals surface area (Å²) in [5, 5.41) is 0. The third-order valence-electron chi connectivity index (χ3n) is 6.96. The van der Waals surface area contributed by atoms with Crippen molar-refractivity contribution in [2.75, 3.05) is 52.5 Å². The SMILES string of the molecule is CC(C)=C(c1ccc(OCCCN2CCCC2)cc1)c1ccc(OCCCN2CCCC2)cc1. The van der Waals surface area contributed by atoms with Gasteiger partial charge in [-0.25, -0.2) is 0 Å². The highest BCUT2D eigenvalue weighted by Gasteiger charge is 2.12. The lowest BCUT2D eigenvalue weighted by Crippen LogP contribution is -2.21. The van der Waals surface area contributed by atoms with E-state index < -0.39 is 0 Å². The fourth-order valence-electron chi connectivity index (χ4n) is 5.15.